The Labute approximate surface area is 220 Å². The quantitative estimate of drug-likeness (QED) is 0.286. The van der Waals surface area contributed by atoms with Gasteiger partial charge < -0.3 is 19.6 Å². The average molecular weight is 512 g/mol. The molecule has 0 bridgehead atoms. The van der Waals surface area contributed by atoms with Gasteiger partial charge in [0.15, 0.2) is 11.5 Å². The highest BCUT2D eigenvalue weighted by atomic mass is 16.5. The van der Waals surface area contributed by atoms with Crippen LogP contribution in [-0.2, 0) is 22.6 Å². The Morgan fingerprint density at radius 2 is 1.53 bits per heavy atom. The van der Waals surface area contributed by atoms with Crippen molar-refractivity contribution in [1.82, 2.24) is 5.32 Å². The van der Waals surface area contributed by atoms with Crippen molar-refractivity contribution < 1.29 is 23.8 Å². The van der Waals surface area contributed by atoms with Crippen LogP contribution in [0.3, 0.4) is 0 Å². The van der Waals surface area contributed by atoms with Crippen molar-refractivity contribution in [3.8, 4) is 16.9 Å². The Balaban J connectivity index is 1.47. The summed E-state index contributed by atoms with van der Waals surface area (Å²) in [7, 11) is 0. The van der Waals surface area contributed by atoms with Crippen molar-refractivity contribution in [3.05, 3.63) is 124 Å². The summed E-state index contributed by atoms with van der Waals surface area (Å²) in [6, 6.07) is 27.9. The lowest BCUT2D eigenvalue weighted by Crippen LogP contribution is -2.39. The molecule has 194 valence electrons. The number of ether oxygens (including phenoxy) is 1. The molecule has 3 aromatic carbocycles. The van der Waals surface area contributed by atoms with Gasteiger partial charge in [-0.1, -0.05) is 91.9 Å². The lowest BCUT2D eigenvalue weighted by atomic mass is 9.94. The van der Waals surface area contributed by atoms with E-state index in [4.69, 9.17) is 9.15 Å². The van der Waals surface area contributed by atoms with Gasteiger partial charge in [0.05, 0.1) is 5.92 Å². The second-order valence-electron chi connectivity index (χ2n) is 9.16. The van der Waals surface area contributed by atoms with E-state index < -0.39 is 29.0 Å². The molecule has 0 saturated heterocycles. The van der Waals surface area contributed by atoms with Crippen LogP contribution in [0.4, 0.5) is 0 Å². The van der Waals surface area contributed by atoms with Crippen molar-refractivity contribution in [2.45, 2.75) is 32.4 Å². The van der Waals surface area contributed by atoms with Crippen LogP contribution >= 0.6 is 0 Å². The van der Waals surface area contributed by atoms with E-state index in [0.717, 1.165) is 34.6 Å². The van der Waals surface area contributed by atoms with Gasteiger partial charge in [0.25, 0.3) is 5.91 Å². The lowest BCUT2D eigenvalue weighted by molar-refractivity contribution is -0.149. The molecule has 2 N–H and O–H groups in total. The highest BCUT2D eigenvalue weighted by Gasteiger charge is 2.24. The smallest absolute Gasteiger partial charge is 0.309 e. The molecule has 0 radical (unpaired) electrons. The summed E-state index contributed by atoms with van der Waals surface area (Å²) >= 11 is 0. The zero-order chi connectivity index (χ0) is 26.9. The Bertz CT molecular complexity index is 1410. The number of amides is 1. The third kappa shape index (κ3) is 7.20. The molecule has 38 heavy (non-hydrogen) atoms. The number of carbonyl (C=O) groups excluding carboxylic acids is 2. The van der Waals surface area contributed by atoms with Gasteiger partial charge in [0.1, 0.15) is 12.9 Å². The number of hydrogen-bond donors (Lipinski definition) is 2. The SMILES string of the molecule is CC(CC(Cc1ccc(-c2ccccc2)cc1)NC(=O)c1cc(=O)c(O)co1)C(=O)OCc1ccccc1. The predicted molar refractivity (Wildman–Crippen MR) is 143 cm³/mol. The minimum atomic E-state index is -0.715. The molecule has 0 aliphatic carbocycles. The van der Waals surface area contributed by atoms with Crippen LogP contribution in [-0.4, -0.2) is 23.0 Å². The first-order valence-corrected chi connectivity index (χ1v) is 12.4. The summed E-state index contributed by atoms with van der Waals surface area (Å²) in [5.74, 6) is -2.29. The zero-order valence-corrected chi connectivity index (χ0v) is 21.0. The highest BCUT2D eigenvalue weighted by Crippen LogP contribution is 2.21. The van der Waals surface area contributed by atoms with E-state index in [1.165, 1.54) is 0 Å². The van der Waals surface area contributed by atoms with Gasteiger partial charge in [-0.05, 0) is 35.1 Å². The normalized spacial score (nSPS) is 12.3. The Hall–Kier alpha value is -4.65. The molecule has 7 heteroatoms. The molecular formula is C31H29NO6. The van der Waals surface area contributed by atoms with E-state index >= 15 is 0 Å². The van der Waals surface area contributed by atoms with Crippen molar-refractivity contribution in [2.24, 2.45) is 5.92 Å². The third-order valence-corrected chi connectivity index (χ3v) is 6.18. The molecule has 2 atom stereocenters. The standard InChI is InChI=1S/C31H29NO6/c1-21(31(36)38-19-23-8-4-2-5-9-23)16-26(32-30(35)29-18-27(33)28(34)20-37-29)17-22-12-14-25(15-13-22)24-10-6-3-7-11-24/h2-15,18,20-21,26,34H,16-17,19H2,1H3,(H,32,35). The topological polar surface area (TPSA) is 106 Å². The number of rotatable bonds is 10. The van der Waals surface area contributed by atoms with Crippen molar-refractivity contribution >= 4 is 11.9 Å². The second-order valence-corrected chi connectivity index (χ2v) is 9.16. The van der Waals surface area contributed by atoms with Gasteiger partial charge >= 0.3 is 5.97 Å². The number of benzene rings is 3. The predicted octanol–water partition coefficient (Wildman–Crippen LogP) is 5.12. The first-order valence-electron chi connectivity index (χ1n) is 12.4. The lowest BCUT2D eigenvalue weighted by Gasteiger charge is -2.22. The first kappa shape index (κ1) is 26.4. The molecule has 2 unspecified atom stereocenters. The van der Waals surface area contributed by atoms with Gasteiger partial charge in [0, 0.05) is 12.1 Å². The summed E-state index contributed by atoms with van der Waals surface area (Å²) in [4.78, 5) is 37.4. The molecule has 0 spiro atoms. The molecule has 1 amide bonds. The van der Waals surface area contributed by atoms with Crippen LogP contribution in [0.2, 0.25) is 0 Å². The number of carbonyl (C=O) groups is 2. The van der Waals surface area contributed by atoms with Crippen LogP contribution in [0.15, 0.2) is 106 Å². The molecule has 0 fully saturated rings. The number of aromatic hydroxyl groups is 1. The fourth-order valence-electron chi connectivity index (χ4n) is 4.12. The van der Waals surface area contributed by atoms with Crippen LogP contribution in [0.25, 0.3) is 11.1 Å². The van der Waals surface area contributed by atoms with Crippen molar-refractivity contribution in [2.75, 3.05) is 0 Å². The van der Waals surface area contributed by atoms with Gasteiger partial charge in [-0.3, -0.25) is 14.4 Å². The van der Waals surface area contributed by atoms with Crippen molar-refractivity contribution in [3.63, 3.8) is 0 Å². The second kappa shape index (κ2) is 12.5. The number of nitrogens with one attached hydrogen (secondary N) is 1. The van der Waals surface area contributed by atoms with Crippen molar-refractivity contribution in [1.29, 1.82) is 0 Å². The Morgan fingerprint density at radius 1 is 0.895 bits per heavy atom. The summed E-state index contributed by atoms with van der Waals surface area (Å²) in [5.41, 5.74) is 3.30. The summed E-state index contributed by atoms with van der Waals surface area (Å²) in [5, 5.41) is 12.3. The highest BCUT2D eigenvalue weighted by molar-refractivity contribution is 5.91. The van der Waals surface area contributed by atoms with E-state index in [2.05, 4.69) is 5.32 Å². The minimum absolute atomic E-state index is 0.167. The third-order valence-electron chi connectivity index (χ3n) is 6.18. The molecule has 4 rings (SSSR count). The molecule has 1 aromatic heterocycles. The van der Waals surface area contributed by atoms with Gasteiger partial charge in [-0.2, -0.15) is 0 Å². The molecule has 1 heterocycles. The molecular weight excluding hydrogens is 482 g/mol. The van der Waals surface area contributed by atoms with Crippen LogP contribution in [0, 0.1) is 5.92 Å². The first-order chi connectivity index (χ1) is 18.4. The number of esters is 1. The van der Waals surface area contributed by atoms with E-state index in [-0.39, 0.29) is 18.3 Å². The molecule has 0 saturated carbocycles. The summed E-state index contributed by atoms with van der Waals surface area (Å²) < 4.78 is 10.6. The fourth-order valence-corrected chi connectivity index (χ4v) is 4.12. The molecule has 0 aliphatic rings. The Kier molecular flexibility index (Phi) is 8.72. The maximum Gasteiger partial charge on any atom is 0.309 e. The zero-order valence-electron chi connectivity index (χ0n) is 21.0. The average Bonchev–Trinajstić information content (AvgIpc) is 2.94. The Morgan fingerprint density at radius 3 is 2.18 bits per heavy atom. The van der Waals surface area contributed by atoms with Gasteiger partial charge in [0.2, 0.25) is 5.43 Å². The van der Waals surface area contributed by atoms with Gasteiger partial charge in [-0.25, -0.2) is 0 Å². The van der Waals surface area contributed by atoms with E-state index in [9.17, 15) is 19.5 Å². The summed E-state index contributed by atoms with van der Waals surface area (Å²) in [6.45, 7) is 1.92. The maximum atomic E-state index is 12.9. The van der Waals surface area contributed by atoms with E-state index in [1.54, 1.807) is 6.92 Å². The largest absolute Gasteiger partial charge is 0.502 e. The van der Waals surface area contributed by atoms with Gasteiger partial charge in [-0.15, -0.1) is 0 Å². The molecule has 4 aromatic rings. The summed E-state index contributed by atoms with van der Waals surface area (Å²) in [6.07, 6.45) is 1.58. The van der Waals surface area contributed by atoms with Crippen LogP contribution in [0.1, 0.15) is 35.0 Å². The molecule has 0 aliphatic heterocycles. The minimum Gasteiger partial charge on any atom is -0.502 e. The fraction of sp³-hybridized carbons (Fsp3) is 0.194. The maximum absolute atomic E-state index is 12.9. The monoisotopic (exact) mass is 511 g/mol. The number of hydrogen-bond acceptors (Lipinski definition) is 6. The van der Waals surface area contributed by atoms with Crippen LogP contribution < -0.4 is 10.7 Å². The molecule has 7 nitrogen and oxygen atoms in total. The van der Waals surface area contributed by atoms with E-state index in [0.29, 0.717) is 12.8 Å². The van der Waals surface area contributed by atoms with Crippen LogP contribution in [0.5, 0.6) is 5.75 Å². The van der Waals surface area contributed by atoms with E-state index in [1.807, 2.05) is 84.9 Å².